The van der Waals surface area contributed by atoms with Crippen molar-refractivity contribution in [2.45, 2.75) is 62.7 Å². The molecule has 44 heavy (non-hydrogen) atoms. The van der Waals surface area contributed by atoms with Gasteiger partial charge in [-0.25, -0.2) is 19.4 Å². The minimum Gasteiger partial charge on any atom is -0.477 e. The van der Waals surface area contributed by atoms with E-state index < -0.39 is 27.5 Å². The van der Waals surface area contributed by atoms with E-state index in [1.54, 1.807) is 6.07 Å². The maximum Gasteiger partial charge on any atom is 0.394 e. The molecule has 1 atom stereocenters. The first-order valence-electron chi connectivity index (χ1n) is 14.1. The molecule has 3 aromatic rings. The lowest BCUT2D eigenvalue weighted by atomic mass is 9.95. The molecule has 2 fully saturated rings. The predicted molar refractivity (Wildman–Crippen MR) is 156 cm³/mol. The Labute approximate surface area is 258 Å². The maximum atomic E-state index is 13.1. The molecule has 0 bridgehead atoms. The van der Waals surface area contributed by atoms with Gasteiger partial charge in [0.15, 0.2) is 10.8 Å². The number of aromatic nitrogens is 4. The van der Waals surface area contributed by atoms with E-state index in [1.165, 1.54) is 41.2 Å². The monoisotopic (exact) mass is 655 g/mol. The number of sulfonamides is 1. The molecule has 11 nitrogen and oxygen atoms in total. The molecule has 0 radical (unpaired) electrons. The van der Waals surface area contributed by atoms with Crippen molar-refractivity contribution in [1.82, 2.24) is 29.8 Å². The first-order valence-corrected chi connectivity index (χ1v) is 16.0. The van der Waals surface area contributed by atoms with Crippen molar-refractivity contribution in [3.05, 3.63) is 53.3 Å². The number of nitrogens with zero attached hydrogens (tertiary/aromatic N) is 4. The molecule has 5 rings (SSSR count). The summed E-state index contributed by atoms with van der Waals surface area (Å²) >= 11 is 6.22. The van der Waals surface area contributed by atoms with E-state index in [-0.39, 0.29) is 58.8 Å². The largest absolute Gasteiger partial charge is 0.477 e. The summed E-state index contributed by atoms with van der Waals surface area (Å²) in [5, 5.41) is 10.1. The van der Waals surface area contributed by atoms with Gasteiger partial charge in [-0.1, -0.05) is 17.7 Å². The SMILES string of the molecule is CC1(C)CC(CCNc2cccc(S(=O)(=O)NC(=O)c3ccc(-n4ccc(OCCC5(C(F)(F)F)CC5)n4)nc3Cl)n2)CN1. The van der Waals surface area contributed by atoms with Crippen molar-refractivity contribution >= 4 is 33.3 Å². The zero-order valence-corrected chi connectivity index (χ0v) is 25.7. The molecule has 1 amide bonds. The Hall–Kier alpha value is -3.43. The number of ether oxygens (including phenoxy) is 1. The highest BCUT2D eigenvalue weighted by molar-refractivity contribution is 7.90. The van der Waals surface area contributed by atoms with Gasteiger partial charge in [-0.15, -0.1) is 5.10 Å². The smallest absolute Gasteiger partial charge is 0.394 e. The van der Waals surface area contributed by atoms with Crippen molar-refractivity contribution in [2.24, 2.45) is 11.3 Å². The summed E-state index contributed by atoms with van der Waals surface area (Å²) < 4.78 is 73.8. The number of hydrogen-bond acceptors (Lipinski definition) is 9. The van der Waals surface area contributed by atoms with Crippen LogP contribution in [0.25, 0.3) is 5.82 Å². The Bertz CT molecular complexity index is 1630. The Morgan fingerprint density at radius 1 is 1.18 bits per heavy atom. The highest BCUT2D eigenvalue weighted by Crippen LogP contribution is 2.59. The topological polar surface area (TPSA) is 140 Å². The van der Waals surface area contributed by atoms with E-state index in [9.17, 15) is 26.4 Å². The van der Waals surface area contributed by atoms with Crippen LogP contribution in [-0.2, 0) is 10.0 Å². The third-order valence-corrected chi connectivity index (χ3v) is 9.44. The minimum atomic E-state index is -4.34. The number of rotatable bonds is 12. The highest BCUT2D eigenvalue weighted by Gasteiger charge is 2.62. The lowest BCUT2D eigenvalue weighted by molar-refractivity contribution is -0.190. The van der Waals surface area contributed by atoms with Crippen LogP contribution in [0.1, 0.15) is 56.3 Å². The third kappa shape index (κ3) is 7.44. The summed E-state index contributed by atoms with van der Waals surface area (Å²) in [6, 6.07) is 8.57. The quantitative estimate of drug-likeness (QED) is 0.236. The van der Waals surface area contributed by atoms with Crippen LogP contribution in [-0.4, -0.2) is 65.5 Å². The molecule has 3 N–H and O–H groups in total. The molecule has 0 spiro atoms. The zero-order chi connectivity index (χ0) is 31.8. The van der Waals surface area contributed by atoms with Gasteiger partial charge in [-0.2, -0.15) is 21.6 Å². The standard InChI is InChI=1S/C28H33ClF3N7O4S/c1-26(2)16-18(17-34-26)8-13-33-20-4-3-5-23(35-20)44(41,42)38-25(40)19-6-7-21(36-24(19)29)39-14-9-22(37-39)43-15-12-27(10-11-27)28(30,31)32/h3-7,9,14,18,34H,8,10-13,15-17H2,1-2H3,(H,33,35)(H,38,40). The Balaban J connectivity index is 1.16. The van der Waals surface area contributed by atoms with Gasteiger partial charge in [0.05, 0.1) is 17.6 Å². The van der Waals surface area contributed by atoms with E-state index in [0.29, 0.717) is 18.3 Å². The first kappa shape index (κ1) is 32.0. The number of carbonyl (C=O) groups is 1. The molecule has 238 valence electrons. The zero-order valence-electron chi connectivity index (χ0n) is 24.1. The fourth-order valence-corrected chi connectivity index (χ4v) is 6.37. The number of hydrogen-bond donors (Lipinski definition) is 3. The summed E-state index contributed by atoms with van der Waals surface area (Å²) in [5.74, 6) is 0.134. The van der Waals surface area contributed by atoms with E-state index >= 15 is 0 Å². The van der Waals surface area contributed by atoms with E-state index in [4.69, 9.17) is 16.3 Å². The van der Waals surface area contributed by atoms with Gasteiger partial charge in [0.25, 0.3) is 15.9 Å². The van der Waals surface area contributed by atoms with Gasteiger partial charge in [0.1, 0.15) is 11.0 Å². The molecule has 1 saturated carbocycles. The van der Waals surface area contributed by atoms with Gasteiger partial charge in [0, 0.05) is 24.3 Å². The molecular weight excluding hydrogens is 623 g/mol. The molecule has 0 aromatic carbocycles. The normalized spacial score (nSPS) is 19.0. The second-order valence-electron chi connectivity index (χ2n) is 11.8. The average Bonchev–Trinajstić information content (AvgIpc) is 3.47. The van der Waals surface area contributed by atoms with Gasteiger partial charge in [0.2, 0.25) is 5.88 Å². The van der Waals surface area contributed by atoms with Gasteiger partial charge in [-0.05, 0) is 82.7 Å². The maximum absolute atomic E-state index is 13.1. The summed E-state index contributed by atoms with van der Waals surface area (Å²) in [6.45, 7) is 5.70. The van der Waals surface area contributed by atoms with Crippen LogP contribution in [0.5, 0.6) is 5.88 Å². The van der Waals surface area contributed by atoms with Crippen molar-refractivity contribution in [1.29, 1.82) is 0 Å². The molecular formula is C28H33ClF3N7O4S. The number of halogens is 4. The van der Waals surface area contributed by atoms with Crippen molar-refractivity contribution < 1.29 is 31.1 Å². The van der Waals surface area contributed by atoms with Crippen molar-refractivity contribution in [3.63, 3.8) is 0 Å². The van der Waals surface area contributed by atoms with Crippen LogP contribution in [0.15, 0.2) is 47.6 Å². The molecule has 1 aliphatic carbocycles. The van der Waals surface area contributed by atoms with Crippen LogP contribution in [0, 0.1) is 11.3 Å². The van der Waals surface area contributed by atoms with Crippen LogP contribution < -0.4 is 20.1 Å². The van der Waals surface area contributed by atoms with Crippen LogP contribution in [0.2, 0.25) is 5.15 Å². The molecule has 3 aromatic heterocycles. The Kier molecular flexibility index (Phi) is 8.84. The van der Waals surface area contributed by atoms with Crippen LogP contribution >= 0.6 is 11.6 Å². The molecule has 4 heterocycles. The van der Waals surface area contributed by atoms with E-state index in [1.807, 2.05) is 4.72 Å². The van der Waals surface area contributed by atoms with Crippen molar-refractivity contribution in [2.75, 3.05) is 25.0 Å². The van der Waals surface area contributed by atoms with Gasteiger partial charge < -0.3 is 15.4 Å². The molecule has 1 saturated heterocycles. The highest BCUT2D eigenvalue weighted by atomic mass is 35.5. The molecule has 16 heteroatoms. The van der Waals surface area contributed by atoms with E-state index in [2.05, 4.69) is 39.5 Å². The second-order valence-corrected chi connectivity index (χ2v) is 13.8. The van der Waals surface area contributed by atoms with Crippen LogP contribution in [0.3, 0.4) is 0 Å². The number of amides is 1. The number of pyridine rings is 2. The lowest BCUT2D eigenvalue weighted by Gasteiger charge is -2.18. The molecule has 1 aliphatic heterocycles. The fourth-order valence-electron chi connectivity index (χ4n) is 5.20. The molecule has 2 aliphatic rings. The van der Waals surface area contributed by atoms with Crippen molar-refractivity contribution in [3.8, 4) is 11.7 Å². The summed E-state index contributed by atoms with van der Waals surface area (Å²) in [7, 11) is -4.34. The Morgan fingerprint density at radius 2 is 1.95 bits per heavy atom. The second kappa shape index (κ2) is 12.2. The minimum absolute atomic E-state index is 0.0927. The molecule has 1 unspecified atom stereocenters. The summed E-state index contributed by atoms with van der Waals surface area (Å²) in [5.41, 5.74) is -1.77. The Morgan fingerprint density at radius 3 is 2.61 bits per heavy atom. The number of carbonyl (C=O) groups excluding carboxylic acids is 1. The van der Waals surface area contributed by atoms with Gasteiger partial charge >= 0.3 is 6.18 Å². The fraction of sp³-hybridized carbons (Fsp3) is 0.500. The van der Waals surface area contributed by atoms with E-state index in [0.717, 1.165) is 19.4 Å². The number of anilines is 1. The third-order valence-electron chi connectivity index (χ3n) is 7.92. The lowest BCUT2D eigenvalue weighted by Crippen LogP contribution is -2.31. The summed E-state index contributed by atoms with van der Waals surface area (Å²) in [4.78, 5) is 21.1. The van der Waals surface area contributed by atoms with Gasteiger partial charge in [-0.3, -0.25) is 4.79 Å². The average molecular weight is 656 g/mol. The number of nitrogens with one attached hydrogen (secondary N) is 3. The first-order chi connectivity index (χ1) is 20.7. The number of alkyl halides is 3. The van der Waals surface area contributed by atoms with Crippen LogP contribution in [0.4, 0.5) is 19.0 Å². The summed E-state index contributed by atoms with van der Waals surface area (Å²) in [6.07, 6.45) is -0.826. The predicted octanol–water partition coefficient (Wildman–Crippen LogP) is 4.74.